The number of carbonyl (C=O) groups excluding carboxylic acids is 1. The van der Waals surface area contributed by atoms with Crippen LogP contribution in [0.1, 0.15) is 26.2 Å². The summed E-state index contributed by atoms with van der Waals surface area (Å²) in [5.41, 5.74) is 1.93. The van der Waals surface area contributed by atoms with Gasteiger partial charge in [0.25, 0.3) is 0 Å². The molecule has 0 bridgehead atoms. The molecule has 27 heavy (non-hydrogen) atoms. The highest BCUT2D eigenvalue weighted by Gasteiger charge is 2.23. The van der Waals surface area contributed by atoms with Crippen LogP contribution in [0.15, 0.2) is 59.6 Å². The molecule has 0 saturated carbocycles. The summed E-state index contributed by atoms with van der Waals surface area (Å²) in [5.74, 6) is 0.610. The summed E-state index contributed by atoms with van der Waals surface area (Å²) in [4.78, 5) is 14.7. The molecule has 1 saturated heterocycles. The van der Waals surface area contributed by atoms with Crippen molar-refractivity contribution in [2.45, 2.75) is 37.3 Å². The molecule has 1 aromatic heterocycles. The summed E-state index contributed by atoms with van der Waals surface area (Å²) >= 11 is 1.49. The van der Waals surface area contributed by atoms with E-state index in [0.29, 0.717) is 11.8 Å². The molecule has 1 atom stereocenters. The first-order valence-electron chi connectivity index (χ1n) is 9.47. The van der Waals surface area contributed by atoms with Gasteiger partial charge in [-0.3, -0.25) is 4.79 Å². The van der Waals surface area contributed by atoms with E-state index in [-0.39, 0.29) is 5.91 Å². The van der Waals surface area contributed by atoms with Gasteiger partial charge in [-0.05, 0) is 26.2 Å². The molecule has 0 N–H and O–H groups in total. The van der Waals surface area contributed by atoms with Gasteiger partial charge in [0, 0.05) is 28.9 Å². The number of carbonyl (C=O) groups is 1. The molecule has 4 rings (SSSR count). The van der Waals surface area contributed by atoms with Gasteiger partial charge in [-0.15, -0.1) is 10.2 Å². The summed E-state index contributed by atoms with van der Waals surface area (Å²) < 4.78 is 0. The highest BCUT2D eigenvalue weighted by Crippen LogP contribution is 2.32. The number of fused-ring (bicyclic) bond motifs is 1. The molecule has 1 aliphatic heterocycles. The average Bonchev–Trinajstić information content (AvgIpc) is 2.72. The lowest BCUT2D eigenvalue weighted by Gasteiger charge is -2.33. The third kappa shape index (κ3) is 3.83. The Morgan fingerprint density at radius 1 is 1.04 bits per heavy atom. The van der Waals surface area contributed by atoms with E-state index in [1.165, 1.54) is 18.2 Å². The minimum atomic E-state index is 0.199. The number of rotatable bonds is 4. The fraction of sp³-hybridized carbons (Fsp3) is 0.318. The Bertz CT molecular complexity index is 945. The molecule has 2 heterocycles. The summed E-state index contributed by atoms with van der Waals surface area (Å²) in [7, 11) is 0. The van der Waals surface area contributed by atoms with E-state index < -0.39 is 0 Å². The van der Waals surface area contributed by atoms with Gasteiger partial charge < -0.3 is 4.90 Å². The van der Waals surface area contributed by atoms with Crippen LogP contribution < -0.4 is 0 Å². The number of benzene rings is 2. The lowest BCUT2D eigenvalue weighted by molar-refractivity contribution is -0.131. The van der Waals surface area contributed by atoms with Crippen molar-refractivity contribution in [2.24, 2.45) is 0 Å². The highest BCUT2D eigenvalue weighted by molar-refractivity contribution is 8.00. The SMILES string of the molecule is C[C@H]1CCCCN1C(=O)CSc1nnc(-c2ccccc2)c2ccccc12. The first-order chi connectivity index (χ1) is 13.2. The van der Waals surface area contributed by atoms with Gasteiger partial charge in [0.2, 0.25) is 5.91 Å². The third-order valence-corrected chi connectivity index (χ3v) is 6.12. The fourth-order valence-corrected chi connectivity index (χ4v) is 4.53. The summed E-state index contributed by atoms with van der Waals surface area (Å²) in [6, 6.07) is 18.6. The van der Waals surface area contributed by atoms with Crippen molar-refractivity contribution in [3.05, 3.63) is 54.6 Å². The monoisotopic (exact) mass is 377 g/mol. The highest BCUT2D eigenvalue weighted by atomic mass is 32.2. The van der Waals surface area contributed by atoms with Crippen LogP contribution in [0.2, 0.25) is 0 Å². The normalized spacial score (nSPS) is 17.2. The maximum atomic E-state index is 12.7. The quantitative estimate of drug-likeness (QED) is 0.613. The van der Waals surface area contributed by atoms with Crippen LogP contribution in [-0.4, -0.2) is 39.3 Å². The number of nitrogens with zero attached hydrogens (tertiary/aromatic N) is 3. The first kappa shape index (κ1) is 18.0. The van der Waals surface area contributed by atoms with Gasteiger partial charge in [0.1, 0.15) is 10.7 Å². The van der Waals surface area contributed by atoms with Crippen LogP contribution >= 0.6 is 11.8 Å². The largest absolute Gasteiger partial charge is 0.339 e. The van der Waals surface area contributed by atoms with Crippen LogP contribution in [0.4, 0.5) is 0 Å². The predicted molar refractivity (Wildman–Crippen MR) is 111 cm³/mol. The molecule has 0 radical (unpaired) electrons. The van der Waals surface area contributed by atoms with Crippen molar-refractivity contribution in [2.75, 3.05) is 12.3 Å². The topological polar surface area (TPSA) is 46.1 Å². The van der Waals surface area contributed by atoms with E-state index in [1.54, 1.807) is 0 Å². The molecular weight excluding hydrogens is 354 g/mol. The molecule has 0 aliphatic carbocycles. The van der Waals surface area contributed by atoms with Gasteiger partial charge in [0.15, 0.2) is 0 Å². The van der Waals surface area contributed by atoms with E-state index in [1.807, 2.05) is 47.4 Å². The number of aromatic nitrogens is 2. The lowest BCUT2D eigenvalue weighted by Crippen LogP contribution is -2.42. The standard InChI is InChI=1S/C22H23N3OS/c1-16-9-7-8-14-25(16)20(26)15-27-22-19-13-6-5-12-18(19)21(23-24-22)17-10-3-2-4-11-17/h2-6,10-13,16H,7-9,14-15H2,1H3/t16-/m0/s1. The van der Waals surface area contributed by atoms with E-state index >= 15 is 0 Å². The molecular formula is C22H23N3OS. The number of hydrogen-bond acceptors (Lipinski definition) is 4. The number of piperidine rings is 1. The van der Waals surface area contributed by atoms with Crippen molar-refractivity contribution in [1.82, 2.24) is 15.1 Å². The minimum absolute atomic E-state index is 0.199. The van der Waals surface area contributed by atoms with Gasteiger partial charge in [-0.25, -0.2) is 0 Å². The molecule has 1 aliphatic rings. The Hall–Kier alpha value is -2.40. The van der Waals surface area contributed by atoms with Gasteiger partial charge >= 0.3 is 0 Å². The molecule has 1 fully saturated rings. The van der Waals surface area contributed by atoms with Crippen LogP contribution in [0.25, 0.3) is 22.0 Å². The molecule has 4 nitrogen and oxygen atoms in total. The van der Waals surface area contributed by atoms with Crippen molar-refractivity contribution < 1.29 is 4.79 Å². The lowest BCUT2D eigenvalue weighted by atomic mass is 10.0. The van der Waals surface area contributed by atoms with Crippen molar-refractivity contribution in [3.8, 4) is 11.3 Å². The molecule has 0 spiro atoms. The molecule has 3 aromatic rings. The second-order valence-corrected chi connectivity index (χ2v) is 7.95. The van der Waals surface area contributed by atoms with Crippen LogP contribution in [-0.2, 0) is 4.79 Å². The Morgan fingerprint density at radius 3 is 2.56 bits per heavy atom. The van der Waals surface area contributed by atoms with Gasteiger partial charge in [0.05, 0.1) is 5.75 Å². The number of thioether (sulfide) groups is 1. The summed E-state index contributed by atoms with van der Waals surface area (Å²) in [6.07, 6.45) is 3.43. The molecule has 5 heteroatoms. The molecule has 2 aromatic carbocycles. The van der Waals surface area contributed by atoms with Crippen molar-refractivity contribution in [1.29, 1.82) is 0 Å². The zero-order chi connectivity index (χ0) is 18.6. The van der Waals surface area contributed by atoms with Crippen LogP contribution in [0.3, 0.4) is 0 Å². The maximum Gasteiger partial charge on any atom is 0.233 e. The number of hydrogen-bond donors (Lipinski definition) is 0. The van der Waals surface area contributed by atoms with E-state index in [0.717, 1.165) is 46.4 Å². The average molecular weight is 378 g/mol. The third-order valence-electron chi connectivity index (χ3n) is 5.16. The van der Waals surface area contributed by atoms with Crippen LogP contribution in [0.5, 0.6) is 0 Å². The van der Waals surface area contributed by atoms with Crippen LogP contribution in [0, 0.1) is 0 Å². The number of amides is 1. The summed E-state index contributed by atoms with van der Waals surface area (Å²) in [6.45, 7) is 3.02. The Balaban J connectivity index is 1.59. The smallest absolute Gasteiger partial charge is 0.233 e. The van der Waals surface area contributed by atoms with Crippen molar-refractivity contribution in [3.63, 3.8) is 0 Å². The van der Waals surface area contributed by atoms with Gasteiger partial charge in [-0.1, -0.05) is 66.4 Å². The van der Waals surface area contributed by atoms with E-state index in [2.05, 4.69) is 29.3 Å². The van der Waals surface area contributed by atoms with E-state index in [9.17, 15) is 4.79 Å². The Labute approximate surface area is 164 Å². The van der Waals surface area contributed by atoms with Gasteiger partial charge in [-0.2, -0.15) is 0 Å². The number of likely N-dealkylation sites (tertiary alicyclic amines) is 1. The Morgan fingerprint density at radius 2 is 1.78 bits per heavy atom. The summed E-state index contributed by atoms with van der Waals surface area (Å²) in [5, 5.41) is 11.9. The minimum Gasteiger partial charge on any atom is -0.339 e. The predicted octanol–water partition coefficient (Wildman–Crippen LogP) is 4.79. The van der Waals surface area contributed by atoms with E-state index in [4.69, 9.17) is 0 Å². The zero-order valence-corrected chi connectivity index (χ0v) is 16.3. The molecule has 1 amide bonds. The second-order valence-electron chi connectivity index (χ2n) is 6.99. The second kappa shape index (κ2) is 8.09. The van der Waals surface area contributed by atoms with Crippen molar-refractivity contribution >= 4 is 28.4 Å². The first-order valence-corrected chi connectivity index (χ1v) is 10.5. The maximum absolute atomic E-state index is 12.7. The molecule has 138 valence electrons. The zero-order valence-electron chi connectivity index (χ0n) is 15.5. The Kier molecular flexibility index (Phi) is 5.39. The fourth-order valence-electron chi connectivity index (χ4n) is 3.68. The molecule has 0 unspecified atom stereocenters.